The Morgan fingerprint density at radius 3 is 1.16 bits per heavy atom. The lowest BCUT2D eigenvalue weighted by Crippen LogP contribution is -2.17. The highest BCUT2D eigenvalue weighted by atomic mass is 19.4. The van der Waals surface area contributed by atoms with E-state index in [2.05, 4.69) is 40.2 Å². The number of aromatic nitrogens is 4. The number of alkyl halides is 6. The molecule has 0 fully saturated rings. The molecule has 0 saturated heterocycles. The molecular formula is C36H24F6N6O8. The van der Waals surface area contributed by atoms with Crippen LogP contribution in [0.25, 0.3) is 22.9 Å². The zero-order chi connectivity index (χ0) is 39.1. The average molecular weight is 783 g/mol. The number of hydrogen-bond acceptors (Lipinski definition) is 14. The zero-order valence-corrected chi connectivity index (χ0v) is 28.2. The van der Waals surface area contributed by atoms with E-state index in [1.54, 1.807) is 48.5 Å². The Morgan fingerprint density at radius 2 is 0.839 bits per heavy atom. The van der Waals surface area contributed by atoms with Crippen molar-refractivity contribution in [1.82, 2.24) is 20.4 Å². The second kappa shape index (κ2) is 16.1. The number of halogens is 6. The van der Waals surface area contributed by atoms with E-state index in [4.69, 9.17) is 28.0 Å². The fourth-order valence-corrected chi connectivity index (χ4v) is 5.16. The molecule has 14 nitrogen and oxygen atoms in total. The lowest BCUT2D eigenvalue weighted by Gasteiger charge is -2.11. The summed E-state index contributed by atoms with van der Waals surface area (Å²) in [5.74, 6) is 1.98. The van der Waals surface area contributed by atoms with Crippen molar-refractivity contribution in [3.8, 4) is 45.9 Å². The lowest BCUT2D eigenvalue weighted by molar-refractivity contribution is -0.275. The van der Waals surface area contributed by atoms with E-state index in [1.165, 1.54) is 61.3 Å². The van der Waals surface area contributed by atoms with Gasteiger partial charge in [-0.2, -0.15) is 0 Å². The third-order valence-corrected chi connectivity index (χ3v) is 7.65. The first-order valence-corrected chi connectivity index (χ1v) is 16.2. The van der Waals surface area contributed by atoms with E-state index in [0.29, 0.717) is 59.0 Å². The molecule has 4 aromatic carbocycles. The lowest BCUT2D eigenvalue weighted by atomic mass is 10.1. The van der Waals surface area contributed by atoms with E-state index >= 15 is 0 Å². The zero-order valence-electron chi connectivity index (χ0n) is 28.2. The van der Waals surface area contributed by atoms with Crippen molar-refractivity contribution < 1.29 is 63.8 Å². The standard InChI is InChI=1S/2C18H12F3N3O4/c2*19-18(20,21)27-14-7-1-11(2-8-14)15-9-16(24-28-15)26-13-5-3-12(4-6-13)17-23-22-10-25-17/h2*1-8,10,15H,9H2/t2*15-/m10/s1. The van der Waals surface area contributed by atoms with Crippen molar-refractivity contribution in [2.24, 2.45) is 10.3 Å². The number of oxime groups is 2. The summed E-state index contributed by atoms with van der Waals surface area (Å²) < 4.78 is 103. The molecule has 0 radical (unpaired) electrons. The first-order chi connectivity index (χ1) is 26.9. The Balaban J connectivity index is 0.000000172. The van der Waals surface area contributed by atoms with Gasteiger partial charge in [0, 0.05) is 11.1 Å². The molecule has 0 unspecified atom stereocenters. The van der Waals surface area contributed by atoms with Crippen molar-refractivity contribution in [3.05, 3.63) is 121 Å². The molecule has 6 aromatic rings. The SMILES string of the molecule is FC(F)(F)Oc1ccc([C@@H]2CC(Oc3ccc(-c4nnco4)cc3)=NO2)cc1.FC(F)(F)Oc1ccc([C@H]2CC(Oc3ccc(-c4nnco4)cc3)=NO2)cc1. The smallest absolute Gasteiger partial charge is 0.440 e. The first kappa shape index (κ1) is 37.2. The average Bonchev–Trinajstić information content (AvgIpc) is 4.01. The van der Waals surface area contributed by atoms with E-state index in [1.807, 2.05) is 0 Å². The van der Waals surface area contributed by atoms with Gasteiger partial charge in [0.15, 0.2) is 12.2 Å². The number of benzene rings is 4. The molecule has 0 saturated carbocycles. The topological polar surface area (TPSA) is 158 Å². The summed E-state index contributed by atoms with van der Waals surface area (Å²) in [4.78, 5) is 10.6. The Morgan fingerprint density at radius 1 is 0.482 bits per heavy atom. The highest BCUT2D eigenvalue weighted by molar-refractivity contribution is 5.80. The third kappa shape index (κ3) is 10.1. The van der Waals surface area contributed by atoms with Crippen LogP contribution in [0.15, 0.2) is 129 Å². The minimum atomic E-state index is -4.73. The van der Waals surface area contributed by atoms with Crippen LogP contribution in [0.1, 0.15) is 36.2 Å². The van der Waals surface area contributed by atoms with Crippen LogP contribution in [0.5, 0.6) is 23.0 Å². The van der Waals surface area contributed by atoms with Crippen LogP contribution in [0, 0.1) is 0 Å². The molecular weight excluding hydrogens is 758 g/mol. The van der Waals surface area contributed by atoms with Gasteiger partial charge in [-0.25, -0.2) is 0 Å². The quantitative estimate of drug-likeness (QED) is 0.135. The molecule has 20 heteroatoms. The molecule has 2 aliphatic heterocycles. The van der Waals surface area contributed by atoms with Crippen molar-refractivity contribution in [1.29, 1.82) is 0 Å². The summed E-state index contributed by atoms with van der Waals surface area (Å²) in [5, 5.41) is 22.6. The Hall–Kier alpha value is -7.12. The van der Waals surface area contributed by atoms with E-state index < -0.39 is 24.9 Å². The van der Waals surface area contributed by atoms with Crippen LogP contribution in [-0.2, 0) is 9.68 Å². The summed E-state index contributed by atoms with van der Waals surface area (Å²) in [5.41, 5.74) is 2.80. The van der Waals surface area contributed by atoms with Crippen LogP contribution in [0.4, 0.5) is 26.3 Å². The normalized spacial score (nSPS) is 16.4. The predicted octanol–water partition coefficient (Wildman–Crippen LogP) is 8.98. The van der Waals surface area contributed by atoms with Crippen molar-refractivity contribution in [3.63, 3.8) is 0 Å². The molecule has 0 amide bonds. The van der Waals surface area contributed by atoms with Crippen LogP contribution >= 0.6 is 0 Å². The monoisotopic (exact) mass is 782 g/mol. The Bertz CT molecular complexity index is 2070. The maximum Gasteiger partial charge on any atom is 0.573 e. The fraction of sp³-hybridized carbons (Fsp3) is 0.167. The first-order valence-electron chi connectivity index (χ1n) is 16.2. The van der Waals surface area contributed by atoms with Crippen molar-refractivity contribution in [2.75, 3.05) is 0 Å². The van der Waals surface area contributed by atoms with Crippen LogP contribution < -0.4 is 18.9 Å². The second-order valence-corrected chi connectivity index (χ2v) is 11.5. The van der Waals surface area contributed by atoms with Crippen LogP contribution in [-0.4, -0.2) is 44.9 Å². The molecule has 0 aliphatic carbocycles. The highest BCUT2D eigenvalue weighted by Gasteiger charge is 2.32. The fourth-order valence-electron chi connectivity index (χ4n) is 5.16. The summed E-state index contributed by atoms with van der Waals surface area (Å²) >= 11 is 0. The van der Waals surface area contributed by atoms with Gasteiger partial charge in [0.05, 0.1) is 12.8 Å². The summed E-state index contributed by atoms with van der Waals surface area (Å²) in [6.45, 7) is 0. The molecule has 2 aliphatic rings. The second-order valence-electron chi connectivity index (χ2n) is 11.5. The van der Waals surface area contributed by atoms with Crippen molar-refractivity contribution in [2.45, 2.75) is 37.8 Å². The number of ether oxygens (including phenoxy) is 4. The minimum absolute atomic E-state index is 0.298. The molecule has 56 heavy (non-hydrogen) atoms. The van der Waals surface area contributed by atoms with Gasteiger partial charge < -0.3 is 37.5 Å². The minimum Gasteiger partial charge on any atom is -0.440 e. The van der Waals surface area contributed by atoms with Crippen molar-refractivity contribution >= 4 is 11.8 Å². The van der Waals surface area contributed by atoms with E-state index in [0.717, 1.165) is 11.1 Å². The molecule has 2 atom stereocenters. The number of hydrogen-bond donors (Lipinski definition) is 0. The third-order valence-electron chi connectivity index (χ3n) is 7.65. The molecule has 288 valence electrons. The Labute approximate surface area is 310 Å². The van der Waals surface area contributed by atoms with Gasteiger partial charge in [-0.05, 0) is 83.9 Å². The summed E-state index contributed by atoms with van der Waals surface area (Å²) in [6.07, 6.45) is -7.20. The van der Waals surface area contributed by atoms with Gasteiger partial charge in [-0.3, -0.25) is 0 Å². The van der Waals surface area contributed by atoms with Gasteiger partial charge in [0.25, 0.3) is 0 Å². The van der Waals surface area contributed by atoms with Gasteiger partial charge in [0.2, 0.25) is 36.4 Å². The van der Waals surface area contributed by atoms with Gasteiger partial charge in [-0.15, -0.1) is 46.7 Å². The van der Waals surface area contributed by atoms with Gasteiger partial charge in [-0.1, -0.05) is 34.6 Å². The van der Waals surface area contributed by atoms with Gasteiger partial charge >= 0.3 is 12.7 Å². The number of rotatable bonds is 8. The highest BCUT2D eigenvalue weighted by Crippen LogP contribution is 2.33. The molecule has 8 rings (SSSR count). The largest absolute Gasteiger partial charge is 0.573 e. The molecule has 2 aromatic heterocycles. The summed E-state index contributed by atoms with van der Waals surface area (Å²) in [6, 6.07) is 24.8. The van der Waals surface area contributed by atoms with Crippen LogP contribution in [0.2, 0.25) is 0 Å². The molecule has 4 heterocycles. The van der Waals surface area contributed by atoms with E-state index in [9.17, 15) is 26.3 Å². The van der Waals surface area contributed by atoms with E-state index in [-0.39, 0.29) is 11.5 Å². The number of nitrogens with zero attached hydrogens (tertiary/aromatic N) is 6. The molecule has 0 spiro atoms. The maximum atomic E-state index is 12.2. The predicted molar refractivity (Wildman–Crippen MR) is 179 cm³/mol. The molecule has 0 N–H and O–H groups in total. The summed E-state index contributed by atoms with van der Waals surface area (Å²) in [7, 11) is 0. The van der Waals surface area contributed by atoms with Crippen LogP contribution in [0.3, 0.4) is 0 Å². The Kier molecular flexibility index (Phi) is 10.7. The molecule has 0 bridgehead atoms. The maximum absolute atomic E-state index is 12.2. The van der Waals surface area contributed by atoms with Gasteiger partial charge in [0.1, 0.15) is 23.0 Å².